The maximum Gasteiger partial charge on any atom is 0.322 e. The number of nitrogens with one attached hydrogen (secondary N) is 2. The van der Waals surface area contributed by atoms with Crippen molar-refractivity contribution < 1.29 is 14.7 Å². The van der Waals surface area contributed by atoms with Crippen molar-refractivity contribution in [2.24, 2.45) is 0 Å². The predicted octanol–water partition coefficient (Wildman–Crippen LogP) is 2.21. The van der Waals surface area contributed by atoms with Gasteiger partial charge in [0.05, 0.1) is 5.37 Å². The number of hydrogen-bond donors (Lipinski definition) is 3. The predicted molar refractivity (Wildman–Crippen MR) is 79.7 cm³/mol. The van der Waals surface area contributed by atoms with Gasteiger partial charge in [-0.1, -0.05) is 12.1 Å². The largest absolute Gasteiger partial charge is 0.480 e. The van der Waals surface area contributed by atoms with Crippen molar-refractivity contribution in [1.29, 1.82) is 0 Å². The lowest BCUT2D eigenvalue weighted by Gasteiger charge is -2.20. The maximum absolute atomic E-state index is 11.2. The lowest BCUT2D eigenvalue weighted by Crippen LogP contribution is -2.43. The van der Waals surface area contributed by atoms with Crippen LogP contribution in [0.2, 0.25) is 0 Å². The van der Waals surface area contributed by atoms with Gasteiger partial charge in [-0.2, -0.15) is 0 Å². The first kappa shape index (κ1) is 14.9. The van der Waals surface area contributed by atoms with Gasteiger partial charge >= 0.3 is 5.97 Å². The van der Waals surface area contributed by atoms with E-state index in [-0.39, 0.29) is 16.0 Å². The van der Waals surface area contributed by atoms with Crippen molar-refractivity contribution in [2.75, 3.05) is 5.32 Å². The summed E-state index contributed by atoms with van der Waals surface area (Å²) in [5.41, 5.74) is 1.74. The summed E-state index contributed by atoms with van der Waals surface area (Å²) in [5.74, 6) is -0.946. The summed E-state index contributed by atoms with van der Waals surface area (Å²) >= 11 is 1.60. The molecule has 0 unspecified atom stereocenters. The second kappa shape index (κ2) is 5.46. The van der Waals surface area contributed by atoms with E-state index in [0.717, 1.165) is 11.3 Å². The van der Waals surface area contributed by atoms with E-state index < -0.39 is 12.0 Å². The minimum absolute atomic E-state index is 0.0579. The van der Waals surface area contributed by atoms with Crippen LogP contribution in [-0.2, 0) is 9.59 Å². The van der Waals surface area contributed by atoms with Gasteiger partial charge in [-0.3, -0.25) is 14.9 Å². The maximum atomic E-state index is 11.2. The van der Waals surface area contributed by atoms with E-state index in [2.05, 4.69) is 10.6 Å². The molecule has 0 spiro atoms. The molecule has 0 aliphatic carbocycles. The second-order valence-electron chi connectivity index (χ2n) is 5.34. The zero-order valence-corrected chi connectivity index (χ0v) is 12.5. The van der Waals surface area contributed by atoms with Crippen LogP contribution in [0.15, 0.2) is 24.3 Å². The summed E-state index contributed by atoms with van der Waals surface area (Å²) in [4.78, 5) is 22.2. The molecule has 0 saturated carbocycles. The minimum atomic E-state index is -0.833. The smallest absolute Gasteiger partial charge is 0.322 e. The summed E-state index contributed by atoms with van der Waals surface area (Å²) in [7, 11) is 0. The number of hydrogen-bond acceptors (Lipinski definition) is 4. The van der Waals surface area contributed by atoms with E-state index in [1.54, 1.807) is 11.8 Å². The average Bonchev–Trinajstić information content (AvgIpc) is 2.65. The molecule has 2 rings (SSSR count). The number of anilines is 1. The third-order valence-corrected chi connectivity index (χ3v) is 4.70. The average molecular weight is 294 g/mol. The lowest BCUT2D eigenvalue weighted by atomic mass is 10.0. The number of aliphatic carboxylic acids is 1. The van der Waals surface area contributed by atoms with E-state index in [0.29, 0.717) is 0 Å². The van der Waals surface area contributed by atoms with Crippen molar-refractivity contribution >= 4 is 29.3 Å². The summed E-state index contributed by atoms with van der Waals surface area (Å²) in [6, 6.07) is 6.86. The van der Waals surface area contributed by atoms with Gasteiger partial charge in [-0.25, -0.2) is 0 Å². The van der Waals surface area contributed by atoms with E-state index in [9.17, 15) is 14.7 Å². The number of carbonyl (C=O) groups excluding carboxylic acids is 1. The summed E-state index contributed by atoms with van der Waals surface area (Å²) in [6.45, 7) is 5.31. The molecule has 1 aliphatic heterocycles. The Bertz CT molecular complexity index is 528. The molecule has 1 aliphatic rings. The molecule has 5 nitrogen and oxygen atoms in total. The Labute approximate surface area is 122 Å². The van der Waals surface area contributed by atoms with Crippen molar-refractivity contribution in [1.82, 2.24) is 5.32 Å². The number of rotatable bonds is 3. The van der Waals surface area contributed by atoms with Crippen LogP contribution in [0, 0.1) is 0 Å². The number of amides is 1. The van der Waals surface area contributed by atoms with Crippen LogP contribution >= 0.6 is 11.8 Å². The van der Waals surface area contributed by atoms with Gasteiger partial charge in [-0.15, -0.1) is 11.8 Å². The first-order chi connectivity index (χ1) is 9.29. The Balaban J connectivity index is 2.13. The molecule has 3 N–H and O–H groups in total. The molecule has 6 heteroatoms. The first-order valence-corrected chi connectivity index (χ1v) is 7.22. The molecule has 108 valence electrons. The molecule has 20 heavy (non-hydrogen) atoms. The Hall–Kier alpha value is -1.53. The quantitative estimate of drug-likeness (QED) is 0.796. The Morgan fingerprint density at radius 2 is 1.90 bits per heavy atom. The molecule has 2 atom stereocenters. The van der Waals surface area contributed by atoms with E-state index in [4.69, 9.17) is 0 Å². The van der Waals surface area contributed by atoms with Crippen molar-refractivity contribution in [3.05, 3.63) is 29.8 Å². The highest BCUT2D eigenvalue weighted by atomic mass is 32.2. The first-order valence-electron chi connectivity index (χ1n) is 6.34. The molecule has 1 heterocycles. The standard InChI is InChI=1S/C14H18N2O3S/c1-8(17)15-10-6-4-9(5-7-10)12-16-11(13(18)19)14(2,3)20-12/h4-7,11-12,16H,1-3H3,(H,15,17)(H,18,19)/t11-,12-/m1/s1. The van der Waals surface area contributed by atoms with Crippen LogP contribution < -0.4 is 10.6 Å². The lowest BCUT2D eigenvalue weighted by molar-refractivity contribution is -0.139. The fourth-order valence-electron chi connectivity index (χ4n) is 2.24. The molecule has 1 aromatic rings. The Kier molecular flexibility index (Phi) is 4.06. The van der Waals surface area contributed by atoms with Gasteiger partial charge in [-0.05, 0) is 31.5 Å². The van der Waals surface area contributed by atoms with Crippen LogP contribution in [0.1, 0.15) is 31.7 Å². The molecule has 0 aromatic heterocycles. The second-order valence-corrected chi connectivity index (χ2v) is 7.10. The third kappa shape index (κ3) is 3.13. The van der Waals surface area contributed by atoms with Crippen LogP contribution in [0.4, 0.5) is 5.69 Å². The Morgan fingerprint density at radius 1 is 1.30 bits per heavy atom. The highest BCUT2D eigenvalue weighted by molar-refractivity contribution is 8.01. The molecule has 1 amide bonds. The topological polar surface area (TPSA) is 78.4 Å². The number of carbonyl (C=O) groups is 2. The fraction of sp³-hybridized carbons (Fsp3) is 0.429. The van der Waals surface area contributed by atoms with Crippen molar-refractivity contribution in [3.63, 3.8) is 0 Å². The number of carboxylic acids is 1. The van der Waals surface area contributed by atoms with E-state index in [1.807, 2.05) is 38.1 Å². The number of carboxylic acid groups (broad SMARTS) is 1. The molecule has 1 aromatic carbocycles. The highest BCUT2D eigenvalue weighted by Crippen LogP contribution is 2.45. The summed E-state index contributed by atoms with van der Waals surface area (Å²) < 4.78 is -0.368. The molecule has 1 saturated heterocycles. The Morgan fingerprint density at radius 3 is 2.35 bits per heavy atom. The highest BCUT2D eigenvalue weighted by Gasteiger charge is 2.45. The van der Waals surface area contributed by atoms with Gasteiger partial charge in [0.25, 0.3) is 0 Å². The third-order valence-electron chi connectivity index (χ3n) is 3.22. The van der Waals surface area contributed by atoms with Crippen molar-refractivity contribution in [3.8, 4) is 0 Å². The normalized spacial score (nSPS) is 24.4. The van der Waals surface area contributed by atoms with Crippen LogP contribution in [0.5, 0.6) is 0 Å². The molecular formula is C14H18N2O3S. The van der Waals surface area contributed by atoms with E-state index in [1.165, 1.54) is 6.92 Å². The number of benzene rings is 1. The minimum Gasteiger partial charge on any atom is -0.480 e. The number of thioether (sulfide) groups is 1. The van der Waals surface area contributed by atoms with Crippen molar-refractivity contribution in [2.45, 2.75) is 36.9 Å². The summed E-state index contributed by atoms with van der Waals surface area (Å²) in [5, 5.41) is 15.0. The molecule has 1 fully saturated rings. The fourth-order valence-corrected chi connectivity index (χ4v) is 3.65. The SMILES string of the molecule is CC(=O)Nc1ccc([C@@H]2N[C@H](C(=O)O)C(C)(C)S2)cc1. The zero-order valence-electron chi connectivity index (χ0n) is 11.6. The molecule has 0 radical (unpaired) electrons. The van der Waals surface area contributed by atoms with Gasteiger partial charge in [0.15, 0.2) is 0 Å². The molecular weight excluding hydrogens is 276 g/mol. The van der Waals surface area contributed by atoms with Gasteiger partial charge in [0.1, 0.15) is 6.04 Å². The van der Waals surface area contributed by atoms with E-state index >= 15 is 0 Å². The van der Waals surface area contributed by atoms with Crippen LogP contribution in [0.3, 0.4) is 0 Å². The van der Waals surface area contributed by atoms with Gasteiger partial charge in [0.2, 0.25) is 5.91 Å². The van der Waals surface area contributed by atoms with Gasteiger partial charge in [0, 0.05) is 17.4 Å². The zero-order chi connectivity index (χ0) is 14.9. The molecule has 0 bridgehead atoms. The van der Waals surface area contributed by atoms with Crippen LogP contribution in [0.25, 0.3) is 0 Å². The monoisotopic (exact) mass is 294 g/mol. The van der Waals surface area contributed by atoms with Gasteiger partial charge < -0.3 is 10.4 Å². The van der Waals surface area contributed by atoms with Crippen LogP contribution in [-0.4, -0.2) is 27.8 Å². The summed E-state index contributed by atoms with van der Waals surface area (Å²) in [6.07, 6.45) is 0.